The van der Waals surface area contributed by atoms with Crippen molar-refractivity contribution in [2.24, 2.45) is 0 Å². The van der Waals surface area contributed by atoms with E-state index in [9.17, 15) is 19.8 Å². The van der Waals surface area contributed by atoms with Crippen LogP contribution in [0.2, 0.25) is 0 Å². The first-order valence-electron chi connectivity index (χ1n) is 10.8. The number of phenols is 2. The lowest BCUT2D eigenvalue weighted by Gasteiger charge is -2.24. The highest BCUT2D eigenvalue weighted by Crippen LogP contribution is 2.48. The van der Waals surface area contributed by atoms with Gasteiger partial charge in [0.15, 0.2) is 0 Å². The molecule has 7 nitrogen and oxygen atoms in total. The number of fused-ring (bicyclic) bond motifs is 1. The van der Waals surface area contributed by atoms with Gasteiger partial charge in [-0.2, -0.15) is 0 Å². The summed E-state index contributed by atoms with van der Waals surface area (Å²) in [4.78, 5) is 24.2. The molecule has 32 heavy (non-hydrogen) atoms. The number of nitrogens with zero attached hydrogens (tertiary/aromatic N) is 1. The number of aromatic hydroxyl groups is 2. The van der Waals surface area contributed by atoms with Gasteiger partial charge in [-0.3, -0.25) is 4.79 Å². The third-order valence-corrected chi connectivity index (χ3v) is 7.17. The Morgan fingerprint density at radius 2 is 1.91 bits per heavy atom. The zero-order valence-electron chi connectivity index (χ0n) is 18.2. The fourth-order valence-corrected chi connectivity index (χ4v) is 5.85. The minimum Gasteiger partial charge on any atom is -0.508 e. The van der Waals surface area contributed by atoms with E-state index in [1.165, 1.54) is 37.9 Å². The maximum Gasteiger partial charge on any atom is 0.348 e. The number of esters is 2. The molecule has 3 aromatic rings. The molecule has 2 aromatic heterocycles. The van der Waals surface area contributed by atoms with E-state index in [2.05, 4.69) is 0 Å². The molecule has 2 heterocycles. The lowest BCUT2D eigenvalue weighted by Crippen LogP contribution is -2.11. The van der Waals surface area contributed by atoms with Crippen molar-refractivity contribution in [3.05, 3.63) is 34.7 Å². The van der Waals surface area contributed by atoms with Gasteiger partial charge < -0.3 is 24.3 Å². The number of hydrogen-bond donors (Lipinski definition) is 2. The lowest BCUT2D eigenvalue weighted by molar-refractivity contribution is -0.141. The summed E-state index contributed by atoms with van der Waals surface area (Å²) in [7, 11) is 1.36. The summed E-state index contributed by atoms with van der Waals surface area (Å²) in [6.45, 7) is 1.90. The average Bonchev–Trinajstić information content (AvgIpc) is 3.31. The van der Waals surface area contributed by atoms with E-state index in [1.807, 2.05) is 10.6 Å². The summed E-state index contributed by atoms with van der Waals surface area (Å²) in [5.41, 5.74) is 3.41. The van der Waals surface area contributed by atoms with Crippen molar-refractivity contribution in [1.29, 1.82) is 0 Å². The van der Waals surface area contributed by atoms with E-state index < -0.39 is 0 Å². The maximum atomic E-state index is 12.3. The first-order valence-corrected chi connectivity index (χ1v) is 11.6. The van der Waals surface area contributed by atoms with Gasteiger partial charge in [0, 0.05) is 18.6 Å². The van der Waals surface area contributed by atoms with Crippen LogP contribution in [0.4, 0.5) is 0 Å². The molecule has 0 saturated heterocycles. The minimum atomic E-state index is -0.388. The number of carbonyl (C=O) groups is 2. The predicted octanol–water partition coefficient (Wildman–Crippen LogP) is 5.18. The Kier molecular flexibility index (Phi) is 6.41. The second-order valence-corrected chi connectivity index (χ2v) is 9.16. The van der Waals surface area contributed by atoms with E-state index >= 15 is 0 Å². The molecule has 0 atom stereocenters. The number of benzene rings is 1. The van der Waals surface area contributed by atoms with Gasteiger partial charge in [0.05, 0.1) is 29.6 Å². The molecule has 0 aliphatic heterocycles. The van der Waals surface area contributed by atoms with Gasteiger partial charge in [0.2, 0.25) is 0 Å². The molecule has 1 saturated carbocycles. The van der Waals surface area contributed by atoms with Crippen LogP contribution < -0.4 is 0 Å². The number of rotatable bonds is 6. The Morgan fingerprint density at radius 1 is 1.16 bits per heavy atom. The highest BCUT2D eigenvalue weighted by atomic mass is 32.1. The van der Waals surface area contributed by atoms with Crippen molar-refractivity contribution in [2.45, 2.75) is 51.5 Å². The second kappa shape index (κ2) is 9.24. The van der Waals surface area contributed by atoms with Gasteiger partial charge in [-0.05, 0) is 42.5 Å². The number of methoxy groups -OCH3 is 1. The number of carbonyl (C=O) groups excluding carboxylic acids is 2. The van der Waals surface area contributed by atoms with Crippen molar-refractivity contribution < 1.29 is 29.3 Å². The number of hydrogen-bond acceptors (Lipinski definition) is 7. The average molecular weight is 458 g/mol. The summed E-state index contributed by atoms with van der Waals surface area (Å²) >= 11 is 1.39. The monoisotopic (exact) mass is 457 g/mol. The second-order valence-electron chi connectivity index (χ2n) is 8.11. The van der Waals surface area contributed by atoms with Crippen molar-refractivity contribution in [1.82, 2.24) is 4.57 Å². The summed E-state index contributed by atoms with van der Waals surface area (Å²) in [6, 6.07) is 6.40. The van der Waals surface area contributed by atoms with E-state index in [-0.39, 0.29) is 36.0 Å². The summed E-state index contributed by atoms with van der Waals surface area (Å²) in [5, 5.41) is 20.5. The molecule has 0 spiro atoms. The zero-order valence-corrected chi connectivity index (χ0v) is 19.0. The van der Waals surface area contributed by atoms with Crippen LogP contribution in [0.3, 0.4) is 0 Å². The Morgan fingerprint density at radius 3 is 2.56 bits per heavy atom. The molecule has 0 bridgehead atoms. The van der Waals surface area contributed by atoms with Crippen LogP contribution in [0, 0.1) is 0 Å². The van der Waals surface area contributed by atoms with Crippen LogP contribution in [0.5, 0.6) is 11.5 Å². The summed E-state index contributed by atoms with van der Waals surface area (Å²) < 4.78 is 13.2. The quantitative estimate of drug-likeness (QED) is 0.495. The number of ether oxygens (including phenoxy) is 2. The van der Waals surface area contributed by atoms with Crippen LogP contribution in [0.25, 0.3) is 21.5 Å². The highest BCUT2D eigenvalue weighted by molar-refractivity contribution is 7.21. The Labute approximate surface area is 190 Å². The third kappa shape index (κ3) is 4.19. The van der Waals surface area contributed by atoms with Gasteiger partial charge in [-0.25, -0.2) is 4.79 Å². The molecule has 2 N–H and O–H groups in total. The molecule has 0 radical (unpaired) electrons. The van der Waals surface area contributed by atoms with Crippen LogP contribution in [0.15, 0.2) is 24.3 Å². The smallest absolute Gasteiger partial charge is 0.348 e. The van der Waals surface area contributed by atoms with Gasteiger partial charge >= 0.3 is 11.9 Å². The number of thiophene rings is 1. The first kappa shape index (κ1) is 22.2. The van der Waals surface area contributed by atoms with Crippen molar-refractivity contribution in [2.75, 3.05) is 13.7 Å². The van der Waals surface area contributed by atoms with Crippen molar-refractivity contribution >= 4 is 33.5 Å². The topological polar surface area (TPSA) is 98.0 Å². The van der Waals surface area contributed by atoms with Gasteiger partial charge in [-0.15, -0.1) is 11.3 Å². The van der Waals surface area contributed by atoms with E-state index in [0.29, 0.717) is 17.0 Å². The molecule has 1 aliphatic carbocycles. The normalized spacial score (nSPS) is 14.6. The molecular formula is C24H27NO6S. The molecule has 8 heteroatoms. The van der Waals surface area contributed by atoms with Gasteiger partial charge in [-0.1, -0.05) is 19.3 Å². The van der Waals surface area contributed by atoms with Gasteiger partial charge in [0.1, 0.15) is 23.0 Å². The Balaban J connectivity index is 1.96. The summed E-state index contributed by atoms with van der Waals surface area (Å²) in [6.07, 6.45) is 5.51. The van der Waals surface area contributed by atoms with Crippen LogP contribution in [0.1, 0.15) is 60.2 Å². The van der Waals surface area contributed by atoms with E-state index in [0.717, 1.165) is 47.2 Å². The van der Waals surface area contributed by atoms with E-state index in [1.54, 1.807) is 12.1 Å². The molecular weight excluding hydrogens is 430 g/mol. The predicted molar refractivity (Wildman–Crippen MR) is 122 cm³/mol. The molecule has 1 fully saturated rings. The molecule has 1 aliphatic rings. The Bertz CT molecular complexity index is 1160. The summed E-state index contributed by atoms with van der Waals surface area (Å²) in [5.74, 6) is -0.502. The largest absolute Gasteiger partial charge is 0.508 e. The molecule has 170 valence electrons. The van der Waals surface area contributed by atoms with Crippen molar-refractivity contribution in [3.8, 4) is 22.8 Å². The highest BCUT2D eigenvalue weighted by Gasteiger charge is 2.30. The SMILES string of the molecule is COC(=O)c1cc2c(s1)c(C1CCCCC1)c(-c1ccc(O)cc1O)n2CCOC(C)=O. The molecule has 0 amide bonds. The maximum absolute atomic E-state index is 12.3. The molecule has 4 rings (SSSR count). The van der Waals surface area contributed by atoms with Crippen molar-refractivity contribution in [3.63, 3.8) is 0 Å². The third-order valence-electron chi connectivity index (χ3n) is 6.03. The zero-order chi connectivity index (χ0) is 22.8. The number of phenolic OH excluding ortho intramolecular Hbond substituents is 2. The van der Waals surface area contributed by atoms with Crippen LogP contribution in [-0.2, 0) is 20.8 Å². The fraction of sp³-hybridized carbons (Fsp3) is 0.417. The Hall–Kier alpha value is -3.00. The van der Waals surface area contributed by atoms with Crippen LogP contribution >= 0.6 is 11.3 Å². The molecule has 1 aromatic carbocycles. The fourth-order valence-electron chi connectivity index (χ4n) is 4.64. The van der Waals surface area contributed by atoms with Crippen LogP contribution in [-0.4, -0.2) is 40.4 Å². The number of aromatic nitrogens is 1. The minimum absolute atomic E-state index is 0.0155. The first-order chi connectivity index (χ1) is 15.4. The van der Waals surface area contributed by atoms with Gasteiger partial charge in [0.25, 0.3) is 0 Å². The lowest BCUT2D eigenvalue weighted by atomic mass is 9.83. The standard InChI is InChI=1S/C24H27NO6S/c1-14(26)31-11-10-25-18-13-20(24(29)30-2)32-23(18)21(15-6-4-3-5-7-15)22(25)17-9-8-16(27)12-19(17)28/h8-9,12-13,15,27-28H,3-7,10-11H2,1-2H3. The molecule has 0 unspecified atom stereocenters. The van der Waals surface area contributed by atoms with E-state index in [4.69, 9.17) is 9.47 Å².